The van der Waals surface area contributed by atoms with Crippen LogP contribution in [-0.4, -0.2) is 28.8 Å². The fraction of sp³-hybridized carbons (Fsp3) is 0.500. The number of thioether (sulfide) groups is 1. The molecule has 1 rings (SSSR count). The van der Waals surface area contributed by atoms with Gasteiger partial charge < -0.3 is 10.4 Å². The molecule has 1 aromatic carbocycles. The SMILES string of the molecule is CCCCCC(C)NC(=O)CSc1cccc(C(=O)O)c1. The first-order chi connectivity index (χ1) is 10.0. The third kappa shape index (κ3) is 7.18. The van der Waals surface area contributed by atoms with Crippen LogP contribution in [0.1, 0.15) is 49.9 Å². The lowest BCUT2D eigenvalue weighted by molar-refractivity contribution is -0.119. The molecule has 0 heterocycles. The summed E-state index contributed by atoms with van der Waals surface area (Å²) in [5.74, 6) is -0.655. The van der Waals surface area contributed by atoms with E-state index >= 15 is 0 Å². The summed E-state index contributed by atoms with van der Waals surface area (Å²) in [7, 11) is 0. The standard InChI is InChI=1S/C16H23NO3S/c1-3-4-5-7-12(2)17-15(18)11-21-14-9-6-8-13(10-14)16(19)20/h6,8-10,12H,3-5,7,11H2,1-2H3,(H,17,18)(H,19,20). The maximum absolute atomic E-state index is 11.8. The van der Waals surface area contributed by atoms with Crippen molar-refractivity contribution in [2.24, 2.45) is 0 Å². The normalized spacial score (nSPS) is 11.9. The van der Waals surface area contributed by atoms with Gasteiger partial charge in [-0.2, -0.15) is 0 Å². The summed E-state index contributed by atoms with van der Waals surface area (Å²) < 4.78 is 0. The fourth-order valence-corrected chi connectivity index (χ4v) is 2.72. The van der Waals surface area contributed by atoms with Crippen LogP contribution in [0.3, 0.4) is 0 Å². The quantitative estimate of drug-likeness (QED) is 0.540. The number of nitrogens with one attached hydrogen (secondary N) is 1. The largest absolute Gasteiger partial charge is 0.478 e. The Hall–Kier alpha value is -1.49. The minimum Gasteiger partial charge on any atom is -0.478 e. The van der Waals surface area contributed by atoms with Crippen LogP contribution in [-0.2, 0) is 4.79 Å². The molecular formula is C16H23NO3S. The van der Waals surface area contributed by atoms with Crippen LogP contribution in [0, 0.1) is 0 Å². The summed E-state index contributed by atoms with van der Waals surface area (Å²) in [6, 6.07) is 6.83. The smallest absolute Gasteiger partial charge is 0.335 e. The number of carboxylic acid groups (broad SMARTS) is 1. The van der Waals surface area contributed by atoms with Gasteiger partial charge in [-0.3, -0.25) is 4.79 Å². The maximum Gasteiger partial charge on any atom is 0.335 e. The van der Waals surface area contributed by atoms with Crippen LogP contribution in [0.15, 0.2) is 29.2 Å². The zero-order valence-electron chi connectivity index (χ0n) is 12.6. The van der Waals surface area contributed by atoms with Crippen LogP contribution in [0.2, 0.25) is 0 Å². The Labute approximate surface area is 130 Å². The van der Waals surface area contributed by atoms with E-state index in [4.69, 9.17) is 5.11 Å². The minimum atomic E-state index is -0.952. The second-order valence-corrected chi connectivity index (χ2v) is 6.13. The fourth-order valence-electron chi connectivity index (χ4n) is 1.96. The van der Waals surface area contributed by atoms with Gasteiger partial charge in [0.1, 0.15) is 0 Å². The summed E-state index contributed by atoms with van der Waals surface area (Å²) >= 11 is 1.36. The van der Waals surface area contributed by atoms with Gasteiger partial charge in [-0.1, -0.05) is 32.3 Å². The number of carbonyl (C=O) groups is 2. The Morgan fingerprint density at radius 3 is 2.76 bits per heavy atom. The molecule has 1 atom stereocenters. The number of hydrogen-bond acceptors (Lipinski definition) is 3. The summed E-state index contributed by atoms with van der Waals surface area (Å²) in [5.41, 5.74) is 0.244. The molecule has 0 bridgehead atoms. The molecule has 0 fully saturated rings. The third-order valence-corrected chi connectivity index (χ3v) is 4.09. The summed E-state index contributed by atoms with van der Waals surface area (Å²) in [6.45, 7) is 4.18. The van der Waals surface area contributed by atoms with Gasteiger partial charge >= 0.3 is 5.97 Å². The molecule has 0 aromatic heterocycles. The first-order valence-corrected chi connectivity index (χ1v) is 8.27. The highest BCUT2D eigenvalue weighted by Crippen LogP contribution is 2.19. The topological polar surface area (TPSA) is 66.4 Å². The van der Waals surface area contributed by atoms with E-state index in [0.29, 0.717) is 5.75 Å². The van der Waals surface area contributed by atoms with E-state index in [0.717, 1.165) is 17.7 Å². The molecule has 21 heavy (non-hydrogen) atoms. The maximum atomic E-state index is 11.8. The summed E-state index contributed by atoms with van der Waals surface area (Å²) in [4.78, 5) is 23.5. The number of rotatable bonds is 9. The molecule has 0 spiro atoms. The molecule has 0 aliphatic heterocycles. The van der Waals surface area contributed by atoms with E-state index in [1.807, 2.05) is 13.0 Å². The van der Waals surface area contributed by atoms with Gasteiger partial charge in [-0.05, 0) is 31.5 Å². The Balaban J connectivity index is 2.35. The molecule has 0 aliphatic rings. The zero-order valence-corrected chi connectivity index (χ0v) is 13.4. The number of hydrogen-bond donors (Lipinski definition) is 2. The average molecular weight is 309 g/mol. The van der Waals surface area contributed by atoms with Gasteiger partial charge in [0.2, 0.25) is 5.91 Å². The van der Waals surface area contributed by atoms with Gasteiger partial charge in [0, 0.05) is 10.9 Å². The van der Waals surface area contributed by atoms with Crippen molar-refractivity contribution in [2.75, 3.05) is 5.75 Å². The number of carbonyl (C=O) groups excluding carboxylic acids is 1. The van der Waals surface area contributed by atoms with Crippen molar-refractivity contribution in [3.63, 3.8) is 0 Å². The molecule has 5 heteroatoms. The Morgan fingerprint density at radius 2 is 2.10 bits per heavy atom. The lowest BCUT2D eigenvalue weighted by Crippen LogP contribution is -2.33. The van der Waals surface area contributed by atoms with Gasteiger partial charge in [0.25, 0.3) is 0 Å². The molecule has 116 valence electrons. The van der Waals surface area contributed by atoms with Crippen LogP contribution in [0.25, 0.3) is 0 Å². The summed E-state index contributed by atoms with van der Waals surface area (Å²) in [5, 5.41) is 11.9. The monoisotopic (exact) mass is 309 g/mol. The van der Waals surface area contributed by atoms with Crippen molar-refractivity contribution < 1.29 is 14.7 Å². The number of carboxylic acids is 1. The number of amides is 1. The van der Waals surface area contributed by atoms with E-state index in [2.05, 4.69) is 12.2 Å². The Morgan fingerprint density at radius 1 is 1.33 bits per heavy atom. The van der Waals surface area contributed by atoms with Crippen LogP contribution < -0.4 is 5.32 Å². The third-order valence-electron chi connectivity index (χ3n) is 3.10. The molecule has 1 unspecified atom stereocenters. The first kappa shape index (κ1) is 17.6. The van der Waals surface area contributed by atoms with Crippen LogP contribution in [0.4, 0.5) is 0 Å². The number of aromatic carboxylic acids is 1. The molecule has 4 nitrogen and oxygen atoms in total. The highest BCUT2D eigenvalue weighted by molar-refractivity contribution is 8.00. The molecule has 0 radical (unpaired) electrons. The van der Waals surface area contributed by atoms with Crippen molar-refractivity contribution in [1.82, 2.24) is 5.32 Å². The molecule has 0 saturated heterocycles. The molecule has 2 N–H and O–H groups in total. The predicted octanol–water partition coefficient (Wildman–Crippen LogP) is 3.56. The highest BCUT2D eigenvalue weighted by atomic mass is 32.2. The number of unbranched alkanes of at least 4 members (excludes halogenated alkanes) is 2. The van der Waals surface area contributed by atoms with Crippen LogP contribution >= 0.6 is 11.8 Å². The lowest BCUT2D eigenvalue weighted by Gasteiger charge is -2.13. The molecule has 0 aliphatic carbocycles. The first-order valence-electron chi connectivity index (χ1n) is 7.28. The Kier molecular flexibility index (Phi) is 7.90. The zero-order chi connectivity index (χ0) is 15.7. The van der Waals surface area contributed by atoms with E-state index < -0.39 is 5.97 Å². The van der Waals surface area contributed by atoms with Gasteiger partial charge in [0.15, 0.2) is 0 Å². The van der Waals surface area contributed by atoms with E-state index in [9.17, 15) is 9.59 Å². The van der Waals surface area contributed by atoms with Gasteiger partial charge in [-0.15, -0.1) is 11.8 Å². The summed E-state index contributed by atoms with van der Waals surface area (Å²) in [6.07, 6.45) is 4.50. The second kappa shape index (κ2) is 9.45. The van der Waals surface area contributed by atoms with Crippen molar-refractivity contribution >= 4 is 23.6 Å². The van der Waals surface area contributed by atoms with Gasteiger partial charge in [-0.25, -0.2) is 4.79 Å². The van der Waals surface area contributed by atoms with Crippen LogP contribution in [0.5, 0.6) is 0 Å². The Bertz CT molecular complexity index is 476. The minimum absolute atomic E-state index is 0.00951. The molecular weight excluding hydrogens is 286 g/mol. The average Bonchev–Trinajstić information content (AvgIpc) is 2.45. The van der Waals surface area contributed by atoms with E-state index in [1.165, 1.54) is 24.6 Å². The predicted molar refractivity (Wildman–Crippen MR) is 85.9 cm³/mol. The van der Waals surface area contributed by atoms with Gasteiger partial charge in [0.05, 0.1) is 11.3 Å². The second-order valence-electron chi connectivity index (χ2n) is 5.09. The van der Waals surface area contributed by atoms with E-state index in [-0.39, 0.29) is 17.5 Å². The van der Waals surface area contributed by atoms with Crippen molar-refractivity contribution in [3.05, 3.63) is 29.8 Å². The van der Waals surface area contributed by atoms with Crippen molar-refractivity contribution in [3.8, 4) is 0 Å². The molecule has 0 saturated carbocycles. The van der Waals surface area contributed by atoms with Crippen molar-refractivity contribution in [2.45, 2.75) is 50.5 Å². The number of benzene rings is 1. The van der Waals surface area contributed by atoms with E-state index in [1.54, 1.807) is 18.2 Å². The molecule has 1 amide bonds. The highest BCUT2D eigenvalue weighted by Gasteiger charge is 2.09. The lowest BCUT2D eigenvalue weighted by atomic mass is 10.1. The van der Waals surface area contributed by atoms with Crippen molar-refractivity contribution in [1.29, 1.82) is 0 Å². The molecule has 1 aromatic rings.